The van der Waals surface area contributed by atoms with Crippen LogP contribution in [0.2, 0.25) is 0 Å². The Hall–Kier alpha value is -2.49. The maximum atomic E-state index is 6.00. The third-order valence-electron chi connectivity index (χ3n) is 4.69. The number of nitrogens with zero attached hydrogens (tertiary/aromatic N) is 3. The van der Waals surface area contributed by atoms with Crippen molar-refractivity contribution in [2.45, 2.75) is 32.2 Å². The van der Waals surface area contributed by atoms with Crippen molar-refractivity contribution >= 4 is 11.1 Å². The van der Waals surface area contributed by atoms with Crippen LogP contribution in [-0.2, 0) is 0 Å². The molecule has 0 saturated carbocycles. The molecule has 0 fully saturated rings. The lowest BCUT2D eigenvalue weighted by Gasteiger charge is -2.25. The number of azo groups is 1. The molecule has 0 N–H and O–H groups in total. The smallest absolute Gasteiger partial charge is 0.227 e. The van der Waals surface area contributed by atoms with Gasteiger partial charge in [-0.2, -0.15) is 10.2 Å². The zero-order chi connectivity index (χ0) is 16.4. The largest absolute Gasteiger partial charge is 0.436 e. The van der Waals surface area contributed by atoms with Crippen molar-refractivity contribution in [3.05, 3.63) is 54.1 Å². The van der Waals surface area contributed by atoms with Gasteiger partial charge in [-0.1, -0.05) is 37.6 Å². The van der Waals surface area contributed by atoms with Gasteiger partial charge in [0.15, 0.2) is 5.58 Å². The summed E-state index contributed by atoms with van der Waals surface area (Å²) in [4.78, 5) is 4.60. The molecule has 2 unspecified atom stereocenters. The molecular weight excluding hydrogens is 298 g/mol. The third-order valence-corrected chi connectivity index (χ3v) is 4.69. The minimum atomic E-state index is 0.147. The first-order chi connectivity index (χ1) is 11.8. The maximum Gasteiger partial charge on any atom is 0.227 e. The van der Waals surface area contributed by atoms with Gasteiger partial charge >= 0.3 is 0 Å². The predicted molar refractivity (Wildman–Crippen MR) is 94.9 cm³/mol. The number of aromatic nitrogens is 1. The Balaban J connectivity index is 1.70. The van der Waals surface area contributed by atoms with Crippen LogP contribution in [0.5, 0.6) is 0 Å². The highest BCUT2D eigenvalue weighted by molar-refractivity contribution is 5.77. The lowest BCUT2D eigenvalue weighted by molar-refractivity contribution is 0.336. The van der Waals surface area contributed by atoms with Gasteiger partial charge in [-0.3, -0.25) is 0 Å². The van der Waals surface area contributed by atoms with E-state index in [2.05, 4.69) is 34.3 Å². The predicted octanol–water partition coefficient (Wildman–Crippen LogP) is 5.81. The maximum absolute atomic E-state index is 6.00. The zero-order valence-corrected chi connectivity index (χ0v) is 13.9. The first kappa shape index (κ1) is 15.1. The summed E-state index contributed by atoms with van der Waals surface area (Å²) in [6.07, 6.45) is 3.48. The molecule has 1 aliphatic heterocycles. The lowest BCUT2D eigenvalue weighted by Crippen LogP contribution is -2.15. The van der Waals surface area contributed by atoms with Crippen molar-refractivity contribution in [2.24, 2.45) is 16.1 Å². The molecule has 1 aromatic heterocycles. The van der Waals surface area contributed by atoms with Crippen LogP contribution >= 0.6 is 0 Å². The quantitative estimate of drug-likeness (QED) is 0.609. The Morgan fingerprint density at radius 3 is 2.83 bits per heavy atom. The standard InChI is InChI=1S/C20H21N3O/c1-2-6-14-11-12-21-23-19(14)16-9-10-17-18(13-16)24-20(22-17)15-7-4-3-5-8-15/h3-5,7-10,13-14,19H,2,6,11-12H2,1H3. The summed E-state index contributed by atoms with van der Waals surface area (Å²) in [5.74, 6) is 1.24. The first-order valence-corrected chi connectivity index (χ1v) is 8.67. The van der Waals surface area contributed by atoms with Crippen LogP contribution in [-0.4, -0.2) is 11.5 Å². The number of oxazole rings is 1. The van der Waals surface area contributed by atoms with Crippen LogP contribution in [0.25, 0.3) is 22.6 Å². The highest BCUT2D eigenvalue weighted by Crippen LogP contribution is 2.36. The van der Waals surface area contributed by atoms with Gasteiger partial charge in [-0.25, -0.2) is 4.98 Å². The van der Waals surface area contributed by atoms with E-state index in [0.717, 1.165) is 29.6 Å². The molecule has 4 nitrogen and oxygen atoms in total. The SMILES string of the molecule is CCCC1CCN=NC1c1ccc2nc(-c3ccccc3)oc2c1. The Labute approximate surface area is 141 Å². The van der Waals surface area contributed by atoms with Crippen LogP contribution in [0.4, 0.5) is 0 Å². The van der Waals surface area contributed by atoms with E-state index in [4.69, 9.17) is 4.42 Å². The van der Waals surface area contributed by atoms with Crippen molar-refractivity contribution in [3.8, 4) is 11.5 Å². The Kier molecular flexibility index (Phi) is 4.11. The van der Waals surface area contributed by atoms with Crippen molar-refractivity contribution in [1.29, 1.82) is 0 Å². The van der Waals surface area contributed by atoms with Gasteiger partial charge in [0.2, 0.25) is 5.89 Å². The molecular formula is C20H21N3O. The summed E-state index contributed by atoms with van der Waals surface area (Å²) in [6.45, 7) is 3.08. The molecule has 0 aliphatic carbocycles. The summed E-state index contributed by atoms with van der Waals surface area (Å²) >= 11 is 0. The molecule has 24 heavy (non-hydrogen) atoms. The molecule has 0 radical (unpaired) electrons. The molecule has 0 bridgehead atoms. The fraction of sp³-hybridized carbons (Fsp3) is 0.350. The van der Waals surface area contributed by atoms with Crippen molar-refractivity contribution in [3.63, 3.8) is 0 Å². The molecule has 4 rings (SSSR count). The van der Waals surface area contributed by atoms with Gasteiger partial charge in [-0.15, -0.1) is 0 Å². The molecule has 0 saturated heterocycles. The Morgan fingerprint density at radius 1 is 1.12 bits per heavy atom. The summed E-state index contributed by atoms with van der Waals surface area (Å²) in [5.41, 5.74) is 3.89. The van der Waals surface area contributed by atoms with E-state index in [1.54, 1.807) is 0 Å². The highest BCUT2D eigenvalue weighted by atomic mass is 16.3. The normalized spacial score (nSPS) is 20.5. The van der Waals surface area contributed by atoms with Crippen LogP contribution in [0.3, 0.4) is 0 Å². The topological polar surface area (TPSA) is 50.8 Å². The van der Waals surface area contributed by atoms with E-state index in [0.29, 0.717) is 11.8 Å². The third kappa shape index (κ3) is 2.84. The van der Waals surface area contributed by atoms with E-state index < -0.39 is 0 Å². The Morgan fingerprint density at radius 2 is 2.00 bits per heavy atom. The van der Waals surface area contributed by atoms with Gasteiger partial charge in [0.1, 0.15) is 5.52 Å². The van der Waals surface area contributed by atoms with Crippen LogP contribution in [0.15, 0.2) is 63.2 Å². The number of fused-ring (bicyclic) bond motifs is 1. The Bertz CT molecular complexity index is 854. The number of hydrogen-bond acceptors (Lipinski definition) is 4. The van der Waals surface area contributed by atoms with Crippen LogP contribution in [0, 0.1) is 5.92 Å². The number of rotatable bonds is 4. The van der Waals surface area contributed by atoms with E-state index >= 15 is 0 Å². The monoisotopic (exact) mass is 319 g/mol. The van der Waals surface area contributed by atoms with Crippen LogP contribution in [0.1, 0.15) is 37.8 Å². The van der Waals surface area contributed by atoms with E-state index in [1.807, 2.05) is 36.4 Å². The van der Waals surface area contributed by atoms with Gasteiger partial charge in [-0.05, 0) is 48.6 Å². The average Bonchev–Trinajstić information content (AvgIpc) is 3.06. The van der Waals surface area contributed by atoms with E-state index in [-0.39, 0.29) is 6.04 Å². The van der Waals surface area contributed by atoms with Crippen molar-refractivity contribution in [1.82, 2.24) is 4.98 Å². The first-order valence-electron chi connectivity index (χ1n) is 8.67. The molecule has 0 spiro atoms. The molecule has 2 heterocycles. The molecule has 0 amide bonds. The second-order valence-corrected chi connectivity index (χ2v) is 6.37. The second kappa shape index (κ2) is 6.56. The molecule has 3 aromatic rings. The fourth-order valence-electron chi connectivity index (χ4n) is 3.46. The van der Waals surface area contributed by atoms with E-state index in [9.17, 15) is 0 Å². The van der Waals surface area contributed by atoms with Gasteiger partial charge in [0.05, 0.1) is 12.6 Å². The minimum Gasteiger partial charge on any atom is -0.436 e. The molecule has 2 atom stereocenters. The van der Waals surface area contributed by atoms with Gasteiger partial charge < -0.3 is 4.42 Å². The number of benzene rings is 2. The summed E-state index contributed by atoms with van der Waals surface area (Å²) in [7, 11) is 0. The second-order valence-electron chi connectivity index (χ2n) is 6.37. The van der Waals surface area contributed by atoms with E-state index in [1.165, 1.54) is 18.4 Å². The highest BCUT2D eigenvalue weighted by Gasteiger charge is 2.25. The van der Waals surface area contributed by atoms with Gasteiger partial charge in [0.25, 0.3) is 0 Å². The zero-order valence-electron chi connectivity index (χ0n) is 13.9. The van der Waals surface area contributed by atoms with Crippen LogP contribution < -0.4 is 0 Å². The van der Waals surface area contributed by atoms with Crippen molar-refractivity contribution < 1.29 is 4.42 Å². The fourth-order valence-corrected chi connectivity index (χ4v) is 3.46. The molecule has 2 aromatic carbocycles. The minimum absolute atomic E-state index is 0.147. The summed E-state index contributed by atoms with van der Waals surface area (Å²) < 4.78 is 6.00. The molecule has 1 aliphatic rings. The number of hydrogen-bond donors (Lipinski definition) is 0. The molecule has 4 heteroatoms. The molecule has 122 valence electrons. The van der Waals surface area contributed by atoms with Crippen molar-refractivity contribution in [2.75, 3.05) is 6.54 Å². The summed E-state index contributed by atoms with van der Waals surface area (Å²) in [6, 6.07) is 16.4. The average molecular weight is 319 g/mol. The van der Waals surface area contributed by atoms with Gasteiger partial charge in [0, 0.05) is 5.56 Å². The summed E-state index contributed by atoms with van der Waals surface area (Å²) in [5, 5.41) is 8.81. The lowest BCUT2D eigenvalue weighted by atomic mass is 9.86.